The smallest absolute Gasteiger partial charge is 0.339 e. The Labute approximate surface area is 236 Å². The summed E-state index contributed by atoms with van der Waals surface area (Å²) in [5.74, 6) is 1.68. The van der Waals surface area contributed by atoms with Gasteiger partial charge in [0.2, 0.25) is 5.91 Å². The van der Waals surface area contributed by atoms with Gasteiger partial charge < -0.3 is 23.4 Å². The van der Waals surface area contributed by atoms with Gasteiger partial charge in [-0.25, -0.2) is 4.79 Å². The maximum absolute atomic E-state index is 13.6. The van der Waals surface area contributed by atoms with Crippen molar-refractivity contribution < 1.29 is 18.4 Å². The van der Waals surface area contributed by atoms with Crippen LogP contribution in [0.2, 0.25) is 0 Å². The van der Waals surface area contributed by atoms with Crippen molar-refractivity contribution in [2.75, 3.05) is 39.9 Å². The maximum atomic E-state index is 13.6. The number of nitrogens with zero attached hydrogens (tertiary/aromatic N) is 2. The molecule has 1 aliphatic carbocycles. The van der Waals surface area contributed by atoms with E-state index in [-0.39, 0.29) is 11.5 Å². The Morgan fingerprint density at radius 3 is 2.65 bits per heavy atom. The Morgan fingerprint density at radius 1 is 1.00 bits per heavy atom. The molecule has 0 bridgehead atoms. The Hall–Kier alpha value is -2.64. The molecule has 2 atom stereocenters. The zero-order valence-corrected chi connectivity index (χ0v) is 24.5. The molecular weight excluding hydrogens is 504 g/mol. The molecule has 2 aliphatic heterocycles. The first-order chi connectivity index (χ1) is 19.5. The zero-order valence-electron chi connectivity index (χ0n) is 24.5. The number of methoxy groups -OCH3 is 1. The molecule has 4 heterocycles. The normalized spacial score (nSPS) is 21.5. The van der Waals surface area contributed by atoms with Crippen molar-refractivity contribution in [1.82, 2.24) is 9.80 Å². The summed E-state index contributed by atoms with van der Waals surface area (Å²) < 4.78 is 17.5. The molecule has 0 radical (unpaired) electrons. The third kappa shape index (κ3) is 5.11. The summed E-state index contributed by atoms with van der Waals surface area (Å²) >= 11 is 0. The quantitative estimate of drug-likeness (QED) is 0.336. The Bertz CT molecular complexity index is 1450. The number of amides is 1. The lowest BCUT2D eigenvalue weighted by Crippen LogP contribution is -2.52. The summed E-state index contributed by atoms with van der Waals surface area (Å²) in [5.41, 5.74) is 4.83. The van der Waals surface area contributed by atoms with Crippen molar-refractivity contribution in [3.63, 3.8) is 0 Å². The van der Waals surface area contributed by atoms with Crippen LogP contribution in [0.3, 0.4) is 0 Å². The van der Waals surface area contributed by atoms with Gasteiger partial charge in [-0.05, 0) is 95.9 Å². The number of fused-ring (bicyclic) bond motifs is 5. The van der Waals surface area contributed by atoms with Crippen molar-refractivity contribution >= 4 is 27.8 Å². The second kappa shape index (κ2) is 11.7. The van der Waals surface area contributed by atoms with Gasteiger partial charge >= 0.3 is 5.63 Å². The van der Waals surface area contributed by atoms with Gasteiger partial charge in [-0.3, -0.25) is 4.79 Å². The monoisotopic (exact) mass is 548 g/mol. The van der Waals surface area contributed by atoms with Gasteiger partial charge in [0.15, 0.2) is 0 Å². The predicted molar refractivity (Wildman–Crippen MR) is 157 cm³/mol. The summed E-state index contributed by atoms with van der Waals surface area (Å²) in [5, 5.41) is 2.10. The third-order valence-electron chi connectivity index (χ3n) is 9.91. The molecule has 216 valence electrons. The van der Waals surface area contributed by atoms with E-state index >= 15 is 0 Å². The van der Waals surface area contributed by atoms with Crippen LogP contribution in [-0.2, 0) is 28.8 Å². The second-order valence-corrected chi connectivity index (χ2v) is 12.3. The molecule has 3 aliphatic rings. The van der Waals surface area contributed by atoms with Crippen molar-refractivity contribution in [2.24, 2.45) is 5.92 Å². The molecule has 7 heteroatoms. The van der Waals surface area contributed by atoms with Crippen LogP contribution in [0.5, 0.6) is 0 Å². The largest absolute Gasteiger partial charge is 0.460 e. The van der Waals surface area contributed by atoms with Crippen LogP contribution in [0, 0.1) is 19.8 Å². The highest BCUT2D eigenvalue weighted by Crippen LogP contribution is 2.38. The molecule has 0 N–H and O–H groups in total. The zero-order chi connectivity index (χ0) is 27.8. The van der Waals surface area contributed by atoms with Crippen LogP contribution in [0.25, 0.3) is 21.9 Å². The number of piperidine rings is 2. The standard InChI is InChI=1S/C33H44N2O5/c1-21-24(33(37)40-31-22(2)32-27(19-26(21)31)25-10-4-5-12-29(25)39-32)13-14-30(36)35(17-18-38-3)20-23-9-8-16-34-15-7-6-11-28(23)34/h19,23,28H,4-18,20H2,1-3H3/t23-,28+/m0/s1. The molecule has 3 aromatic rings. The highest BCUT2D eigenvalue weighted by atomic mass is 16.5. The van der Waals surface area contributed by atoms with E-state index in [1.807, 2.05) is 18.7 Å². The summed E-state index contributed by atoms with van der Waals surface area (Å²) in [6.07, 6.45) is 11.2. The van der Waals surface area contributed by atoms with Gasteiger partial charge in [0.25, 0.3) is 0 Å². The number of hydrogen-bond acceptors (Lipinski definition) is 6. The molecule has 6 rings (SSSR count). The lowest BCUT2D eigenvalue weighted by molar-refractivity contribution is -0.133. The van der Waals surface area contributed by atoms with Crippen LogP contribution in [0.1, 0.15) is 79.4 Å². The number of benzene rings is 1. The Kier molecular flexibility index (Phi) is 8.04. The lowest BCUT2D eigenvalue weighted by Gasteiger charge is -2.45. The van der Waals surface area contributed by atoms with E-state index in [0.29, 0.717) is 49.1 Å². The van der Waals surface area contributed by atoms with E-state index in [1.54, 1.807) is 7.11 Å². The number of rotatable bonds is 8. The van der Waals surface area contributed by atoms with Crippen molar-refractivity contribution in [1.29, 1.82) is 0 Å². The van der Waals surface area contributed by atoms with E-state index < -0.39 is 0 Å². The van der Waals surface area contributed by atoms with Crippen LogP contribution in [0.15, 0.2) is 19.7 Å². The highest BCUT2D eigenvalue weighted by Gasteiger charge is 2.34. The van der Waals surface area contributed by atoms with Crippen LogP contribution in [-0.4, -0.2) is 61.6 Å². The first-order valence-corrected chi connectivity index (χ1v) is 15.5. The highest BCUT2D eigenvalue weighted by molar-refractivity contribution is 6.00. The van der Waals surface area contributed by atoms with Gasteiger partial charge in [-0.1, -0.05) is 6.42 Å². The molecule has 1 aromatic carbocycles. The van der Waals surface area contributed by atoms with Crippen molar-refractivity contribution in [3.8, 4) is 0 Å². The molecule has 2 aromatic heterocycles. The van der Waals surface area contributed by atoms with Crippen LogP contribution >= 0.6 is 0 Å². The molecule has 0 unspecified atom stereocenters. The van der Waals surface area contributed by atoms with E-state index in [2.05, 4.69) is 11.0 Å². The number of hydrogen-bond donors (Lipinski definition) is 0. The average molecular weight is 549 g/mol. The summed E-state index contributed by atoms with van der Waals surface area (Å²) in [4.78, 5) is 31.5. The molecule has 40 heavy (non-hydrogen) atoms. The summed E-state index contributed by atoms with van der Waals surface area (Å²) in [6, 6.07) is 2.74. The number of carbonyl (C=O) groups is 1. The van der Waals surface area contributed by atoms with Gasteiger partial charge in [-0.15, -0.1) is 0 Å². The minimum absolute atomic E-state index is 0.0967. The minimum atomic E-state index is -0.342. The molecule has 0 saturated carbocycles. The average Bonchev–Trinajstić information content (AvgIpc) is 3.35. The number of carbonyl (C=O) groups excluding carboxylic acids is 1. The van der Waals surface area contributed by atoms with E-state index in [1.165, 1.54) is 57.2 Å². The molecule has 7 nitrogen and oxygen atoms in total. The number of furan rings is 1. The van der Waals surface area contributed by atoms with Crippen molar-refractivity contribution in [3.05, 3.63) is 44.5 Å². The third-order valence-corrected chi connectivity index (χ3v) is 9.91. The minimum Gasteiger partial charge on any atom is -0.460 e. The maximum Gasteiger partial charge on any atom is 0.339 e. The number of aryl methyl sites for hydroxylation is 4. The van der Waals surface area contributed by atoms with E-state index in [9.17, 15) is 9.59 Å². The van der Waals surface area contributed by atoms with Crippen LogP contribution < -0.4 is 5.63 Å². The molecule has 1 amide bonds. The van der Waals surface area contributed by atoms with E-state index in [4.69, 9.17) is 13.6 Å². The fraction of sp³-hybridized carbons (Fsp3) is 0.636. The summed E-state index contributed by atoms with van der Waals surface area (Å²) in [6.45, 7) is 8.25. The second-order valence-electron chi connectivity index (χ2n) is 12.3. The van der Waals surface area contributed by atoms with Gasteiger partial charge in [0.05, 0.1) is 6.61 Å². The van der Waals surface area contributed by atoms with Gasteiger partial charge in [-0.2, -0.15) is 0 Å². The van der Waals surface area contributed by atoms with Crippen LogP contribution in [0.4, 0.5) is 0 Å². The van der Waals surface area contributed by atoms with Crippen molar-refractivity contribution in [2.45, 2.75) is 90.5 Å². The molecule has 0 spiro atoms. The Morgan fingerprint density at radius 2 is 1.80 bits per heavy atom. The number of ether oxygens (including phenoxy) is 1. The molecule has 2 fully saturated rings. The van der Waals surface area contributed by atoms with Gasteiger partial charge in [0, 0.05) is 66.5 Å². The first-order valence-electron chi connectivity index (χ1n) is 15.5. The first kappa shape index (κ1) is 27.5. The Balaban J connectivity index is 1.24. The molecular formula is C33H44N2O5. The topological polar surface area (TPSA) is 76.1 Å². The van der Waals surface area contributed by atoms with Gasteiger partial charge in [0.1, 0.15) is 16.9 Å². The SMILES string of the molecule is COCCN(C[C@@H]1CCCN2CCCC[C@H]12)C(=O)CCc1c(C)c2cc3c4c(oc3c(C)c2oc1=O)CCCC4. The lowest BCUT2D eigenvalue weighted by atomic mass is 9.83. The fourth-order valence-corrected chi connectivity index (χ4v) is 7.69. The summed E-state index contributed by atoms with van der Waals surface area (Å²) in [7, 11) is 1.69. The van der Waals surface area contributed by atoms with E-state index in [0.717, 1.165) is 59.0 Å². The predicted octanol–water partition coefficient (Wildman–Crippen LogP) is 5.71. The fourth-order valence-electron chi connectivity index (χ4n) is 7.69. The molecule has 2 saturated heterocycles.